The summed E-state index contributed by atoms with van der Waals surface area (Å²) in [7, 11) is -4.18. The molecule has 242 valence electrons. The molecule has 0 radical (unpaired) electrons. The third-order valence-electron chi connectivity index (χ3n) is 7.41. The SMILES string of the molecule is CCCCNC(=O)[C@H](Cc1ccccc1)N(Cc1ccc(Cl)cc1)C(=O)CN(c1ccc(OCC)cc1)S(=O)(=O)c1ccccc1. The highest BCUT2D eigenvalue weighted by Crippen LogP contribution is 2.27. The van der Waals surface area contributed by atoms with Gasteiger partial charge in [-0.05, 0) is 73.0 Å². The van der Waals surface area contributed by atoms with E-state index in [0.717, 1.165) is 28.3 Å². The van der Waals surface area contributed by atoms with Crippen molar-refractivity contribution in [2.75, 3.05) is 24.0 Å². The summed E-state index contributed by atoms with van der Waals surface area (Å²) < 4.78 is 34.8. The monoisotopic (exact) mass is 661 g/mol. The number of carbonyl (C=O) groups is 2. The summed E-state index contributed by atoms with van der Waals surface area (Å²) in [6.07, 6.45) is 1.92. The maximum Gasteiger partial charge on any atom is 0.264 e. The maximum atomic E-state index is 14.5. The van der Waals surface area contributed by atoms with Gasteiger partial charge in [0, 0.05) is 24.5 Å². The first-order valence-electron chi connectivity index (χ1n) is 15.4. The Hall–Kier alpha value is -4.34. The van der Waals surface area contributed by atoms with Crippen molar-refractivity contribution in [3.63, 3.8) is 0 Å². The van der Waals surface area contributed by atoms with Crippen molar-refractivity contribution < 1.29 is 22.7 Å². The molecule has 0 heterocycles. The first-order valence-corrected chi connectivity index (χ1v) is 17.2. The van der Waals surface area contributed by atoms with Crippen LogP contribution < -0.4 is 14.4 Å². The molecule has 0 unspecified atom stereocenters. The molecule has 0 aromatic heterocycles. The quantitative estimate of drug-likeness (QED) is 0.139. The van der Waals surface area contributed by atoms with Gasteiger partial charge in [-0.1, -0.05) is 85.6 Å². The van der Waals surface area contributed by atoms with Crippen molar-refractivity contribution >= 4 is 39.1 Å². The van der Waals surface area contributed by atoms with Crippen LogP contribution in [0.1, 0.15) is 37.8 Å². The highest BCUT2D eigenvalue weighted by molar-refractivity contribution is 7.92. The third kappa shape index (κ3) is 9.34. The van der Waals surface area contributed by atoms with Crippen LogP contribution in [0.3, 0.4) is 0 Å². The predicted molar refractivity (Wildman–Crippen MR) is 182 cm³/mol. The molecule has 46 heavy (non-hydrogen) atoms. The minimum atomic E-state index is -4.18. The number of benzene rings is 4. The van der Waals surface area contributed by atoms with E-state index in [2.05, 4.69) is 5.32 Å². The number of amides is 2. The van der Waals surface area contributed by atoms with Crippen LogP contribution in [0, 0.1) is 0 Å². The summed E-state index contributed by atoms with van der Waals surface area (Å²) in [5.41, 5.74) is 1.90. The van der Waals surface area contributed by atoms with E-state index in [9.17, 15) is 18.0 Å². The van der Waals surface area contributed by atoms with Gasteiger partial charge >= 0.3 is 0 Å². The van der Waals surface area contributed by atoms with Crippen LogP contribution in [0.5, 0.6) is 5.75 Å². The molecule has 2 amide bonds. The molecule has 4 rings (SSSR count). The molecule has 4 aromatic rings. The Labute approximate surface area is 277 Å². The molecule has 0 spiro atoms. The van der Waals surface area contributed by atoms with E-state index in [1.807, 2.05) is 44.2 Å². The molecule has 0 aliphatic rings. The first kappa shape index (κ1) is 34.5. The number of halogens is 1. The second-order valence-corrected chi connectivity index (χ2v) is 13.0. The fourth-order valence-corrected chi connectivity index (χ4v) is 6.53. The topological polar surface area (TPSA) is 96.0 Å². The Morgan fingerprint density at radius 3 is 2.07 bits per heavy atom. The number of anilines is 1. The van der Waals surface area contributed by atoms with E-state index in [1.165, 1.54) is 17.0 Å². The summed E-state index contributed by atoms with van der Waals surface area (Å²) in [5, 5.41) is 3.53. The smallest absolute Gasteiger partial charge is 0.264 e. The highest BCUT2D eigenvalue weighted by Gasteiger charge is 2.34. The van der Waals surface area contributed by atoms with E-state index in [4.69, 9.17) is 16.3 Å². The van der Waals surface area contributed by atoms with E-state index < -0.39 is 28.5 Å². The lowest BCUT2D eigenvalue weighted by molar-refractivity contribution is -0.140. The molecule has 0 aliphatic carbocycles. The second-order valence-electron chi connectivity index (χ2n) is 10.7. The molecule has 1 N–H and O–H groups in total. The highest BCUT2D eigenvalue weighted by atomic mass is 35.5. The lowest BCUT2D eigenvalue weighted by Crippen LogP contribution is -2.53. The van der Waals surface area contributed by atoms with E-state index in [-0.39, 0.29) is 23.8 Å². The van der Waals surface area contributed by atoms with Crippen LogP contribution in [0.2, 0.25) is 5.02 Å². The van der Waals surface area contributed by atoms with Crippen molar-refractivity contribution in [2.45, 2.75) is 50.6 Å². The molecule has 4 aromatic carbocycles. The minimum absolute atomic E-state index is 0.0408. The minimum Gasteiger partial charge on any atom is -0.494 e. The zero-order valence-corrected chi connectivity index (χ0v) is 27.7. The number of unbranched alkanes of at least 4 members (excludes halogenated alkanes) is 1. The summed E-state index contributed by atoms with van der Waals surface area (Å²) in [6, 6.07) is 30.1. The molecule has 0 saturated heterocycles. The number of carbonyl (C=O) groups excluding carboxylic acids is 2. The van der Waals surface area contributed by atoms with Crippen molar-refractivity contribution in [1.29, 1.82) is 0 Å². The number of nitrogens with one attached hydrogen (secondary N) is 1. The largest absolute Gasteiger partial charge is 0.494 e. The summed E-state index contributed by atoms with van der Waals surface area (Å²) in [6.45, 7) is 4.34. The van der Waals surface area contributed by atoms with Crippen molar-refractivity contribution in [3.05, 3.63) is 125 Å². The van der Waals surface area contributed by atoms with Gasteiger partial charge in [0.1, 0.15) is 18.3 Å². The van der Waals surface area contributed by atoms with Crippen LogP contribution >= 0.6 is 11.6 Å². The zero-order chi connectivity index (χ0) is 32.9. The van der Waals surface area contributed by atoms with Gasteiger partial charge in [-0.3, -0.25) is 13.9 Å². The Kier molecular flexibility index (Phi) is 12.6. The molecule has 1 atom stereocenters. The summed E-state index contributed by atoms with van der Waals surface area (Å²) >= 11 is 6.15. The summed E-state index contributed by atoms with van der Waals surface area (Å²) in [5.74, 6) is -0.265. The molecular formula is C36H40ClN3O5S. The van der Waals surface area contributed by atoms with Gasteiger partial charge in [0.05, 0.1) is 17.2 Å². The fraction of sp³-hybridized carbons (Fsp3) is 0.278. The normalized spacial score (nSPS) is 11.8. The van der Waals surface area contributed by atoms with Crippen LogP contribution in [-0.2, 0) is 32.6 Å². The lowest BCUT2D eigenvalue weighted by atomic mass is 10.0. The van der Waals surface area contributed by atoms with E-state index >= 15 is 0 Å². The van der Waals surface area contributed by atoms with Gasteiger partial charge in [0.15, 0.2) is 0 Å². The Balaban J connectivity index is 1.77. The molecule has 0 fully saturated rings. The second kappa shape index (κ2) is 16.8. The van der Waals surface area contributed by atoms with E-state index in [1.54, 1.807) is 66.7 Å². The van der Waals surface area contributed by atoms with Crippen LogP contribution in [0.15, 0.2) is 114 Å². The predicted octanol–water partition coefficient (Wildman–Crippen LogP) is 6.49. The van der Waals surface area contributed by atoms with Gasteiger partial charge < -0.3 is 15.0 Å². The number of hydrogen-bond donors (Lipinski definition) is 1. The third-order valence-corrected chi connectivity index (χ3v) is 9.45. The molecule has 0 bridgehead atoms. The fourth-order valence-electron chi connectivity index (χ4n) is 4.97. The van der Waals surface area contributed by atoms with Gasteiger partial charge in [0.25, 0.3) is 10.0 Å². The zero-order valence-electron chi connectivity index (χ0n) is 26.1. The van der Waals surface area contributed by atoms with Crippen LogP contribution in [0.25, 0.3) is 0 Å². The first-order chi connectivity index (χ1) is 22.2. The number of ether oxygens (including phenoxy) is 1. The number of hydrogen-bond acceptors (Lipinski definition) is 5. The number of rotatable bonds is 16. The molecule has 10 heteroatoms. The summed E-state index contributed by atoms with van der Waals surface area (Å²) in [4.78, 5) is 29.8. The van der Waals surface area contributed by atoms with Crippen molar-refractivity contribution in [3.8, 4) is 5.75 Å². The van der Waals surface area contributed by atoms with Gasteiger partial charge in [-0.2, -0.15) is 0 Å². The van der Waals surface area contributed by atoms with Crippen LogP contribution in [-0.4, -0.2) is 50.9 Å². The average Bonchev–Trinajstić information content (AvgIpc) is 3.07. The van der Waals surface area contributed by atoms with Gasteiger partial charge in [-0.25, -0.2) is 8.42 Å². The molecule has 8 nitrogen and oxygen atoms in total. The van der Waals surface area contributed by atoms with Crippen molar-refractivity contribution in [1.82, 2.24) is 10.2 Å². The standard InChI is InChI=1S/C36H40ClN3O5S/c1-3-5-24-38-36(42)34(25-28-12-8-6-9-13-28)39(26-29-16-18-30(37)19-17-29)35(41)27-40(31-20-22-32(23-21-31)45-4-2)46(43,44)33-14-10-7-11-15-33/h6-23,34H,3-5,24-27H2,1-2H3,(H,38,42)/t34-/m0/s1. The molecule has 0 aliphatic heterocycles. The maximum absolute atomic E-state index is 14.5. The van der Waals surface area contributed by atoms with Gasteiger partial charge in [0.2, 0.25) is 11.8 Å². The lowest BCUT2D eigenvalue weighted by Gasteiger charge is -2.34. The number of sulfonamides is 1. The molecule has 0 saturated carbocycles. The Morgan fingerprint density at radius 1 is 0.826 bits per heavy atom. The van der Waals surface area contributed by atoms with Crippen LogP contribution in [0.4, 0.5) is 5.69 Å². The van der Waals surface area contributed by atoms with Crippen molar-refractivity contribution in [2.24, 2.45) is 0 Å². The van der Waals surface area contributed by atoms with E-state index in [0.29, 0.717) is 29.6 Å². The Morgan fingerprint density at radius 2 is 1.46 bits per heavy atom. The number of nitrogens with zero attached hydrogens (tertiary/aromatic N) is 2. The Bertz CT molecular complexity index is 1650. The van der Waals surface area contributed by atoms with Gasteiger partial charge in [-0.15, -0.1) is 0 Å². The average molecular weight is 662 g/mol. The molecular weight excluding hydrogens is 622 g/mol.